The first kappa shape index (κ1) is 12.6. The van der Waals surface area contributed by atoms with Gasteiger partial charge in [0.25, 0.3) is 0 Å². The molecule has 0 aliphatic rings. The first-order valence-electron chi connectivity index (χ1n) is 5.11. The molecule has 0 atom stereocenters. The van der Waals surface area contributed by atoms with E-state index in [0.29, 0.717) is 12.3 Å². The second-order valence-electron chi connectivity index (χ2n) is 3.17. The Balaban J connectivity index is 2.89. The molecule has 0 spiro atoms. The van der Waals surface area contributed by atoms with Crippen LogP contribution in [0.2, 0.25) is 0 Å². The molecule has 0 aliphatic heterocycles. The van der Waals surface area contributed by atoms with Gasteiger partial charge in [0.2, 0.25) is 0 Å². The third-order valence-corrected chi connectivity index (χ3v) is 1.98. The number of rotatable bonds is 5. The van der Waals surface area contributed by atoms with E-state index in [1.807, 2.05) is 25.1 Å². The molecule has 0 aliphatic carbocycles. The average Bonchev–Trinajstić information content (AvgIpc) is 2.31. The zero-order valence-corrected chi connectivity index (χ0v) is 9.53. The van der Waals surface area contributed by atoms with Gasteiger partial charge in [-0.3, -0.25) is 0 Å². The Bertz CT molecular complexity index is 474. The number of nitrogens with zero attached hydrogens (tertiary/aromatic N) is 1. The minimum Gasteiger partial charge on any atom is -0.494 e. The van der Waals surface area contributed by atoms with Gasteiger partial charge in [0.15, 0.2) is 0 Å². The molecule has 0 aromatic heterocycles. The maximum Gasteiger partial charge on any atom is 0.121 e. The summed E-state index contributed by atoms with van der Waals surface area (Å²) in [5, 5.41) is 18.6. The normalized spacial score (nSPS) is 11.1. The number of benzene rings is 1. The molecule has 88 valence electrons. The van der Waals surface area contributed by atoms with Crippen molar-refractivity contribution in [2.24, 2.45) is 5.73 Å². The van der Waals surface area contributed by atoms with Crippen LogP contribution in [0.4, 0.5) is 5.69 Å². The lowest BCUT2D eigenvalue weighted by Crippen LogP contribution is -2.12. The summed E-state index contributed by atoms with van der Waals surface area (Å²) in [6.07, 6.45) is 0.911. The van der Waals surface area contributed by atoms with Crippen LogP contribution in [-0.4, -0.2) is 12.8 Å². The van der Waals surface area contributed by atoms with Crippen LogP contribution in [0, 0.1) is 16.7 Å². The zero-order chi connectivity index (χ0) is 12.7. The van der Waals surface area contributed by atoms with E-state index in [9.17, 15) is 0 Å². The van der Waals surface area contributed by atoms with Crippen LogP contribution in [0.5, 0.6) is 5.75 Å². The van der Waals surface area contributed by atoms with E-state index in [0.717, 1.165) is 12.0 Å². The summed E-state index contributed by atoms with van der Waals surface area (Å²) in [6.45, 7) is 2.48. The van der Waals surface area contributed by atoms with Gasteiger partial charge in [0, 0.05) is 18.0 Å². The topological polar surface area (TPSA) is 94.9 Å². The third kappa shape index (κ3) is 3.54. The number of ether oxygens (including phenoxy) is 1. The van der Waals surface area contributed by atoms with Gasteiger partial charge >= 0.3 is 0 Å². The van der Waals surface area contributed by atoms with Crippen LogP contribution in [0.15, 0.2) is 35.7 Å². The van der Waals surface area contributed by atoms with Crippen LogP contribution in [0.1, 0.15) is 6.92 Å². The second-order valence-corrected chi connectivity index (χ2v) is 3.17. The number of allylic oxidation sites excluding steroid dienone is 1. The molecule has 5 nitrogen and oxygen atoms in total. The Morgan fingerprint density at radius 2 is 2.41 bits per heavy atom. The molecular weight excluding hydrogens is 216 g/mol. The fourth-order valence-corrected chi connectivity index (χ4v) is 1.22. The van der Waals surface area contributed by atoms with Crippen molar-refractivity contribution in [2.75, 3.05) is 11.9 Å². The second kappa shape index (κ2) is 6.18. The third-order valence-electron chi connectivity index (χ3n) is 1.98. The van der Waals surface area contributed by atoms with E-state index in [1.165, 1.54) is 0 Å². The van der Waals surface area contributed by atoms with Gasteiger partial charge in [-0.1, -0.05) is 6.07 Å². The Morgan fingerprint density at radius 1 is 1.65 bits per heavy atom. The van der Waals surface area contributed by atoms with Gasteiger partial charge in [-0.25, -0.2) is 0 Å². The van der Waals surface area contributed by atoms with Crippen molar-refractivity contribution in [3.05, 3.63) is 35.7 Å². The van der Waals surface area contributed by atoms with Crippen molar-refractivity contribution in [1.29, 1.82) is 10.7 Å². The fourth-order valence-electron chi connectivity index (χ4n) is 1.22. The lowest BCUT2D eigenvalue weighted by molar-refractivity contribution is 0.340. The monoisotopic (exact) mass is 230 g/mol. The Kier molecular flexibility index (Phi) is 4.58. The van der Waals surface area contributed by atoms with Crippen molar-refractivity contribution < 1.29 is 4.74 Å². The van der Waals surface area contributed by atoms with Crippen LogP contribution < -0.4 is 15.8 Å². The summed E-state index contributed by atoms with van der Waals surface area (Å²) < 4.78 is 5.33. The van der Waals surface area contributed by atoms with E-state index in [4.69, 9.17) is 21.1 Å². The molecule has 0 fully saturated rings. The van der Waals surface area contributed by atoms with Crippen LogP contribution in [0.3, 0.4) is 0 Å². The average molecular weight is 230 g/mol. The van der Waals surface area contributed by atoms with Gasteiger partial charge < -0.3 is 21.2 Å². The molecule has 1 rings (SSSR count). The van der Waals surface area contributed by atoms with Crippen molar-refractivity contribution in [1.82, 2.24) is 0 Å². The lowest BCUT2D eigenvalue weighted by Gasteiger charge is -2.09. The van der Waals surface area contributed by atoms with Gasteiger partial charge in [-0.15, -0.1) is 0 Å². The van der Waals surface area contributed by atoms with Crippen LogP contribution in [-0.2, 0) is 0 Å². The molecule has 0 unspecified atom stereocenters. The Morgan fingerprint density at radius 3 is 3.00 bits per heavy atom. The summed E-state index contributed by atoms with van der Waals surface area (Å²) in [4.78, 5) is 0. The molecule has 0 radical (unpaired) electrons. The molecule has 1 aromatic rings. The molecule has 0 heterocycles. The molecule has 5 heteroatoms. The number of anilines is 1. The van der Waals surface area contributed by atoms with Crippen LogP contribution in [0.25, 0.3) is 0 Å². The van der Waals surface area contributed by atoms with E-state index < -0.39 is 0 Å². The van der Waals surface area contributed by atoms with E-state index in [2.05, 4.69) is 5.32 Å². The lowest BCUT2D eigenvalue weighted by atomic mass is 10.2. The van der Waals surface area contributed by atoms with E-state index in [-0.39, 0.29) is 11.4 Å². The SMILES string of the molecule is CCOc1cccc(N/C(N)=C(/C#N)C=N)c1. The summed E-state index contributed by atoms with van der Waals surface area (Å²) in [7, 11) is 0. The van der Waals surface area contributed by atoms with Crippen molar-refractivity contribution in [3.8, 4) is 11.8 Å². The number of nitriles is 1. The number of hydrogen-bond acceptors (Lipinski definition) is 5. The standard InChI is InChI=1S/C12H14N4O/c1-2-17-11-5-3-4-10(6-11)16-12(15)9(7-13)8-14/h3-7,13,16H,2,15H2,1H3/b12-9+,13-7?. The predicted molar refractivity (Wildman–Crippen MR) is 66.8 cm³/mol. The fraction of sp³-hybridized carbons (Fsp3) is 0.167. The van der Waals surface area contributed by atoms with Gasteiger partial charge in [-0.05, 0) is 19.1 Å². The largest absolute Gasteiger partial charge is 0.494 e. The molecule has 0 saturated heterocycles. The Hall–Kier alpha value is -2.48. The first-order valence-corrected chi connectivity index (χ1v) is 5.11. The number of hydrogen-bond donors (Lipinski definition) is 3. The number of nitrogens with one attached hydrogen (secondary N) is 2. The minimum absolute atomic E-state index is 0.0896. The minimum atomic E-state index is 0.0896. The highest BCUT2D eigenvalue weighted by molar-refractivity contribution is 5.83. The highest BCUT2D eigenvalue weighted by Crippen LogP contribution is 2.18. The molecule has 0 amide bonds. The van der Waals surface area contributed by atoms with E-state index in [1.54, 1.807) is 12.1 Å². The van der Waals surface area contributed by atoms with Gasteiger partial charge in [0.05, 0.1) is 6.61 Å². The van der Waals surface area contributed by atoms with Crippen molar-refractivity contribution >= 4 is 11.9 Å². The smallest absolute Gasteiger partial charge is 0.121 e. The summed E-state index contributed by atoms with van der Waals surface area (Å²) >= 11 is 0. The summed E-state index contributed by atoms with van der Waals surface area (Å²) in [5.41, 5.74) is 6.45. The summed E-state index contributed by atoms with van der Waals surface area (Å²) in [6, 6.07) is 9.05. The van der Waals surface area contributed by atoms with Crippen molar-refractivity contribution in [3.63, 3.8) is 0 Å². The van der Waals surface area contributed by atoms with Crippen molar-refractivity contribution in [2.45, 2.75) is 6.92 Å². The molecule has 1 aromatic carbocycles. The molecule has 0 saturated carbocycles. The zero-order valence-electron chi connectivity index (χ0n) is 9.53. The Labute approximate surface area is 100 Å². The molecular formula is C12H14N4O. The number of nitrogens with two attached hydrogens (primary N) is 1. The predicted octanol–water partition coefficient (Wildman–Crippen LogP) is 1.84. The molecule has 4 N–H and O–H groups in total. The van der Waals surface area contributed by atoms with E-state index >= 15 is 0 Å². The maximum atomic E-state index is 8.71. The first-order chi connectivity index (χ1) is 8.21. The highest BCUT2D eigenvalue weighted by Gasteiger charge is 2.01. The highest BCUT2D eigenvalue weighted by atomic mass is 16.5. The quantitative estimate of drug-likeness (QED) is 0.531. The summed E-state index contributed by atoms with van der Waals surface area (Å²) in [5.74, 6) is 0.870. The van der Waals surface area contributed by atoms with Gasteiger partial charge in [0.1, 0.15) is 23.2 Å². The van der Waals surface area contributed by atoms with Crippen LogP contribution >= 0.6 is 0 Å². The molecule has 17 heavy (non-hydrogen) atoms. The maximum absolute atomic E-state index is 8.71. The van der Waals surface area contributed by atoms with Gasteiger partial charge in [-0.2, -0.15) is 5.26 Å². The molecule has 0 bridgehead atoms.